The molecule has 17 heavy (non-hydrogen) atoms. The first-order valence-corrected chi connectivity index (χ1v) is 7.77. The lowest BCUT2D eigenvalue weighted by Crippen LogP contribution is -2.45. The minimum absolute atomic E-state index is 0.593. The molecule has 4 atom stereocenters. The predicted octanol–water partition coefficient (Wildman–Crippen LogP) is 3.11. The molecule has 1 saturated carbocycles. The Kier molecular flexibility index (Phi) is 3.72. The molecule has 0 radical (unpaired) electrons. The van der Waals surface area contributed by atoms with Crippen molar-refractivity contribution in [1.29, 1.82) is 0 Å². The highest BCUT2D eigenvalue weighted by atomic mass is 16.5. The Balaban J connectivity index is 1.65. The monoisotopic (exact) mass is 237 g/mol. The second kappa shape index (κ2) is 5.27. The number of ether oxygens (including phenoxy) is 1. The lowest BCUT2D eigenvalue weighted by molar-refractivity contribution is 0.0795. The summed E-state index contributed by atoms with van der Waals surface area (Å²) in [5.41, 5.74) is 0. The summed E-state index contributed by atoms with van der Waals surface area (Å²) in [6, 6.07) is 0.757. The van der Waals surface area contributed by atoms with Crippen LogP contribution >= 0.6 is 0 Å². The van der Waals surface area contributed by atoms with Crippen LogP contribution in [0.2, 0.25) is 0 Å². The molecule has 0 spiro atoms. The maximum Gasteiger partial charge on any atom is 0.0623 e. The second-order valence-electron chi connectivity index (χ2n) is 6.30. The minimum atomic E-state index is 0.593. The summed E-state index contributed by atoms with van der Waals surface area (Å²) in [7, 11) is 0. The standard InChI is InChI=1S/C15H27NO/c1-2-9-16-15(11-5-3-4-6-11)13-10-12-7-8-14(13)17-12/h11-16H,2-10H2,1H3. The summed E-state index contributed by atoms with van der Waals surface area (Å²) in [4.78, 5) is 0. The van der Waals surface area contributed by atoms with Crippen molar-refractivity contribution in [2.45, 2.75) is 76.5 Å². The second-order valence-corrected chi connectivity index (χ2v) is 6.30. The maximum atomic E-state index is 6.07. The van der Waals surface area contributed by atoms with E-state index in [1.807, 2.05) is 0 Å². The average molecular weight is 237 g/mol. The molecule has 0 aromatic rings. The van der Waals surface area contributed by atoms with E-state index >= 15 is 0 Å². The quantitative estimate of drug-likeness (QED) is 0.793. The van der Waals surface area contributed by atoms with E-state index in [9.17, 15) is 0 Å². The molecule has 1 aliphatic carbocycles. The van der Waals surface area contributed by atoms with Crippen LogP contribution in [0.1, 0.15) is 58.3 Å². The molecule has 0 aromatic heterocycles. The van der Waals surface area contributed by atoms with Gasteiger partial charge in [-0.2, -0.15) is 0 Å². The Hall–Kier alpha value is -0.0800. The highest BCUT2D eigenvalue weighted by molar-refractivity contribution is 4.98. The van der Waals surface area contributed by atoms with Crippen molar-refractivity contribution in [3.63, 3.8) is 0 Å². The van der Waals surface area contributed by atoms with E-state index in [0.29, 0.717) is 12.2 Å². The zero-order valence-corrected chi connectivity index (χ0v) is 11.2. The Morgan fingerprint density at radius 2 is 2.00 bits per heavy atom. The van der Waals surface area contributed by atoms with Gasteiger partial charge >= 0.3 is 0 Å². The van der Waals surface area contributed by atoms with Crippen molar-refractivity contribution >= 4 is 0 Å². The SMILES string of the molecule is CCCNC(C1CCCC1)C1CC2CCC1O2. The molecule has 3 fully saturated rings. The highest BCUT2D eigenvalue weighted by Crippen LogP contribution is 2.44. The third-order valence-corrected chi connectivity index (χ3v) is 5.15. The van der Waals surface area contributed by atoms with Crippen molar-refractivity contribution in [2.75, 3.05) is 6.54 Å². The summed E-state index contributed by atoms with van der Waals surface area (Å²) < 4.78 is 6.07. The number of rotatable bonds is 5. The van der Waals surface area contributed by atoms with Crippen LogP contribution in [0.5, 0.6) is 0 Å². The molecule has 0 aromatic carbocycles. The van der Waals surface area contributed by atoms with Crippen molar-refractivity contribution in [3.05, 3.63) is 0 Å². The number of hydrogen-bond donors (Lipinski definition) is 1. The predicted molar refractivity (Wildman–Crippen MR) is 70.0 cm³/mol. The summed E-state index contributed by atoms with van der Waals surface area (Å²) >= 11 is 0. The van der Waals surface area contributed by atoms with Gasteiger partial charge in [0.25, 0.3) is 0 Å². The topological polar surface area (TPSA) is 21.3 Å². The molecular weight excluding hydrogens is 210 g/mol. The van der Waals surface area contributed by atoms with Crippen LogP contribution in [-0.2, 0) is 4.74 Å². The van der Waals surface area contributed by atoms with Gasteiger partial charge in [0.1, 0.15) is 0 Å². The van der Waals surface area contributed by atoms with Gasteiger partial charge in [-0.3, -0.25) is 0 Å². The number of nitrogens with one attached hydrogen (secondary N) is 1. The Bertz CT molecular complexity index is 249. The summed E-state index contributed by atoms with van der Waals surface area (Å²) in [5.74, 6) is 1.76. The highest BCUT2D eigenvalue weighted by Gasteiger charge is 2.46. The summed E-state index contributed by atoms with van der Waals surface area (Å²) in [6.07, 6.45) is 12.3. The van der Waals surface area contributed by atoms with E-state index < -0.39 is 0 Å². The first-order valence-electron chi connectivity index (χ1n) is 7.77. The summed E-state index contributed by atoms with van der Waals surface area (Å²) in [6.45, 7) is 3.46. The minimum Gasteiger partial charge on any atom is -0.375 e. The Morgan fingerprint density at radius 1 is 1.18 bits per heavy atom. The van der Waals surface area contributed by atoms with E-state index in [1.165, 1.54) is 57.9 Å². The van der Waals surface area contributed by atoms with E-state index in [1.54, 1.807) is 0 Å². The van der Waals surface area contributed by atoms with E-state index in [2.05, 4.69) is 12.2 Å². The first kappa shape index (κ1) is 12.0. The molecule has 98 valence electrons. The third-order valence-electron chi connectivity index (χ3n) is 5.15. The van der Waals surface area contributed by atoms with Crippen molar-refractivity contribution in [3.8, 4) is 0 Å². The van der Waals surface area contributed by atoms with E-state index in [0.717, 1.165) is 17.9 Å². The lowest BCUT2D eigenvalue weighted by atomic mass is 9.78. The molecule has 1 N–H and O–H groups in total. The number of fused-ring (bicyclic) bond motifs is 2. The van der Waals surface area contributed by atoms with Crippen molar-refractivity contribution in [1.82, 2.24) is 5.32 Å². The molecule has 4 unspecified atom stereocenters. The van der Waals surface area contributed by atoms with Gasteiger partial charge in [-0.1, -0.05) is 19.8 Å². The van der Waals surface area contributed by atoms with Crippen LogP contribution in [0.4, 0.5) is 0 Å². The van der Waals surface area contributed by atoms with Crippen molar-refractivity contribution < 1.29 is 4.74 Å². The molecule has 2 heterocycles. The van der Waals surface area contributed by atoms with Gasteiger partial charge in [0, 0.05) is 12.0 Å². The van der Waals surface area contributed by atoms with Crippen LogP contribution in [0.25, 0.3) is 0 Å². The molecule has 2 heteroatoms. The first-order chi connectivity index (χ1) is 8.38. The molecule has 2 saturated heterocycles. The normalized spacial score (nSPS) is 39.0. The molecule has 0 amide bonds. The molecular formula is C15H27NO. The van der Waals surface area contributed by atoms with Crippen LogP contribution in [0, 0.1) is 11.8 Å². The molecule has 3 aliphatic rings. The third kappa shape index (κ3) is 2.39. The largest absolute Gasteiger partial charge is 0.375 e. The summed E-state index contributed by atoms with van der Waals surface area (Å²) in [5, 5.41) is 3.86. The van der Waals surface area contributed by atoms with Crippen LogP contribution < -0.4 is 5.32 Å². The zero-order valence-electron chi connectivity index (χ0n) is 11.2. The van der Waals surface area contributed by atoms with E-state index in [-0.39, 0.29) is 0 Å². The molecule has 2 bridgehead atoms. The van der Waals surface area contributed by atoms with Gasteiger partial charge in [-0.05, 0) is 51.0 Å². The zero-order chi connectivity index (χ0) is 11.7. The van der Waals surface area contributed by atoms with Gasteiger partial charge in [0.05, 0.1) is 12.2 Å². The fourth-order valence-corrected chi connectivity index (χ4v) is 4.35. The Labute approximate surface area is 105 Å². The Morgan fingerprint density at radius 3 is 2.59 bits per heavy atom. The molecule has 2 aliphatic heterocycles. The van der Waals surface area contributed by atoms with Crippen LogP contribution in [0.3, 0.4) is 0 Å². The van der Waals surface area contributed by atoms with Crippen molar-refractivity contribution in [2.24, 2.45) is 11.8 Å². The van der Waals surface area contributed by atoms with E-state index in [4.69, 9.17) is 4.74 Å². The fraction of sp³-hybridized carbons (Fsp3) is 1.00. The van der Waals surface area contributed by atoms with Gasteiger partial charge in [-0.15, -0.1) is 0 Å². The lowest BCUT2D eigenvalue weighted by Gasteiger charge is -2.33. The number of hydrogen-bond acceptors (Lipinski definition) is 2. The molecule has 3 rings (SSSR count). The van der Waals surface area contributed by atoms with Gasteiger partial charge in [0.15, 0.2) is 0 Å². The smallest absolute Gasteiger partial charge is 0.0623 e. The fourth-order valence-electron chi connectivity index (χ4n) is 4.35. The van der Waals surface area contributed by atoms with Gasteiger partial charge in [-0.25, -0.2) is 0 Å². The van der Waals surface area contributed by atoms with Gasteiger partial charge in [0.2, 0.25) is 0 Å². The average Bonchev–Trinajstić information content (AvgIpc) is 3.06. The van der Waals surface area contributed by atoms with Crippen LogP contribution in [-0.4, -0.2) is 24.8 Å². The van der Waals surface area contributed by atoms with Crippen LogP contribution in [0.15, 0.2) is 0 Å². The molecule has 2 nitrogen and oxygen atoms in total. The van der Waals surface area contributed by atoms with Gasteiger partial charge < -0.3 is 10.1 Å². The maximum absolute atomic E-state index is 6.07.